The zero-order valence-electron chi connectivity index (χ0n) is 11.5. The standard InChI is InChI=1S/C14H13F2N3O2S/c15-10-8-11(9-4-2-1-3-5-9)19-12(10)17-13(18-19)22(20,21)14(16)6-7-14/h1-5,10-11H,6-8H2/t10-,11-/m0/s1. The highest BCUT2D eigenvalue weighted by atomic mass is 32.2. The summed E-state index contributed by atoms with van der Waals surface area (Å²) >= 11 is 0. The van der Waals surface area contributed by atoms with Crippen LogP contribution in [0.1, 0.15) is 42.9 Å². The summed E-state index contributed by atoms with van der Waals surface area (Å²) in [6, 6.07) is 8.69. The Morgan fingerprint density at radius 1 is 1.23 bits per heavy atom. The van der Waals surface area contributed by atoms with E-state index in [-0.39, 0.29) is 25.1 Å². The van der Waals surface area contributed by atoms with Crippen molar-refractivity contribution in [3.63, 3.8) is 0 Å². The zero-order chi connectivity index (χ0) is 15.5. The Morgan fingerprint density at radius 2 is 1.91 bits per heavy atom. The molecule has 8 heteroatoms. The van der Waals surface area contributed by atoms with Gasteiger partial charge in [-0.1, -0.05) is 30.3 Å². The first-order chi connectivity index (χ1) is 10.4. The molecule has 1 aromatic heterocycles. The number of hydrogen-bond donors (Lipinski definition) is 0. The minimum absolute atomic E-state index is 0.0447. The number of hydrogen-bond acceptors (Lipinski definition) is 4. The maximum Gasteiger partial charge on any atom is 0.270 e. The average molecular weight is 325 g/mol. The van der Waals surface area contributed by atoms with E-state index in [4.69, 9.17) is 0 Å². The van der Waals surface area contributed by atoms with Gasteiger partial charge in [0.2, 0.25) is 14.8 Å². The normalized spacial score (nSPS) is 25.9. The summed E-state index contributed by atoms with van der Waals surface area (Å²) in [7, 11) is -4.25. The lowest BCUT2D eigenvalue weighted by atomic mass is 10.0. The van der Waals surface area contributed by atoms with Gasteiger partial charge in [-0.2, -0.15) is 4.98 Å². The van der Waals surface area contributed by atoms with Gasteiger partial charge in [-0.25, -0.2) is 21.9 Å². The lowest BCUT2D eigenvalue weighted by Crippen LogP contribution is -2.20. The van der Waals surface area contributed by atoms with Crippen molar-refractivity contribution in [3.8, 4) is 0 Å². The third kappa shape index (κ3) is 1.83. The highest BCUT2D eigenvalue weighted by molar-refractivity contribution is 7.92. The van der Waals surface area contributed by atoms with Crippen LogP contribution < -0.4 is 0 Å². The van der Waals surface area contributed by atoms with Gasteiger partial charge in [0.15, 0.2) is 12.0 Å². The van der Waals surface area contributed by atoms with Gasteiger partial charge in [0, 0.05) is 19.3 Å². The molecule has 4 rings (SSSR count). The van der Waals surface area contributed by atoms with E-state index < -0.39 is 32.2 Å². The predicted molar refractivity (Wildman–Crippen MR) is 73.3 cm³/mol. The lowest BCUT2D eigenvalue weighted by molar-refractivity contribution is 0.326. The molecule has 1 aliphatic carbocycles. The highest BCUT2D eigenvalue weighted by Crippen LogP contribution is 2.48. The Kier molecular flexibility index (Phi) is 2.73. The van der Waals surface area contributed by atoms with Gasteiger partial charge in [-0.15, -0.1) is 5.10 Å². The Labute approximate surface area is 125 Å². The van der Waals surface area contributed by atoms with Gasteiger partial charge >= 0.3 is 0 Å². The lowest BCUT2D eigenvalue weighted by Gasteiger charge is -2.11. The smallest absolute Gasteiger partial charge is 0.239 e. The molecule has 22 heavy (non-hydrogen) atoms. The van der Waals surface area contributed by atoms with Crippen molar-refractivity contribution in [1.82, 2.24) is 14.8 Å². The van der Waals surface area contributed by atoms with Crippen LogP contribution in [-0.2, 0) is 9.84 Å². The van der Waals surface area contributed by atoms with Gasteiger partial charge < -0.3 is 0 Å². The number of nitrogens with zero attached hydrogens (tertiary/aromatic N) is 3. The first-order valence-electron chi connectivity index (χ1n) is 7.01. The molecule has 1 saturated carbocycles. The summed E-state index contributed by atoms with van der Waals surface area (Å²) in [6.07, 6.45) is -1.36. The Hall–Kier alpha value is -1.83. The third-order valence-electron chi connectivity index (χ3n) is 4.19. The fourth-order valence-corrected chi connectivity index (χ4v) is 4.13. The van der Waals surface area contributed by atoms with Crippen LogP contribution in [0.3, 0.4) is 0 Å². The summed E-state index contributed by atoms with van der Waals surface area (Å²) in [6.45, 7) is 0. The van der Waals surface area contributed by atoms with Crippen LogP contribution in [-0.4, -0.2) is 28.2 Å². The monoisotopic (exact) mass is 325 g/mol. The maximum atomic E-state index is 14.2. The molecule has 0 N–H and O–H groups in total. The second-order valence-corrected chi connectivity index (χ2v) is 7.82. The zero-order valence-corrected chi connectivity index (χ0v) is 12.3. The molecule has 0 spiro atoms. The number of benzene rings is 1. The molecule has 116 valence electrons. The second kappa shape index (κ2) is 4.34. The van der Waals surface area contributed by atoms with Crippen LogP contribution in [0.15, 0.2) is 35.5 Å². The molecule has 0 unspecified atom stereocenters. The second-order valence-electron chi connectivity index (χ2n) is 5.71. The minimum Gasteiger partial charge on any atom is -0.239 e. The summed E-state index contributed by atoms with van der Waals surface area (Å²) in [4.78, 5) is 3.77. The molecule has 2 aromatic rings. The van der Waals surface area contributed by atoms with E-state index >= 15 is 0 Å². The van der Waals surface area contributed by atoms with E-state index in [9.17, 15) is 17.2 Å². The third-order valence-corrected chi connectivity index (χ3v) is 6.22. The van der Waals surface area contributed by atoms with Crippen LogP contribution in [0.25, 0.3) is 0 Å². The van der Waals surface area contributed by atoms with Crippen molar-refractivity contribution in [1.29, 1.82) is 0 Å². The van der Waals surface area contributed by atoms with Crippen molar-refractivity contribution in [2.24, 2.45) is 0 Å². The van der Waals surface area contributed by atoms with Crippen molar-refractivity contribution in [3.05, 3.63) is 41.7 Å². The van der Waals surface area contributed by atoms with E-state index in [1.165, 1.54) is 4.68 Å². The quantitative estimate of drug-likeness (QED) is 0.870. The summed E-state index contributed by atoms with van der Waals surface area (Å²) in [5.74, 6) is -0.0447. The topological polar surface area (TPSA) is 64.8 Å². The fraction of sp³-hybridized carbons (Fsp3) is 0.429. The van der Waals surface area contributed by atoms with Crippen LogP contribution >= 0.6 is 0 Å². The van der Waals surface area contributed by atoms with Gasteiger partial charge in [-0.3, -0.25) is 0 Å². The minimum atomic E-state index is -4.25. The van der Waals surface area contributed by atoms with E-state index in [1.807, 2.05) is 30.3 Å². The summed E-state index contributed by atoms with van der Waals surface area (Å²) in [5.41, 5.74) is 0.819. The highest BCUT2D eigenvalue weighted by Gasteiger charge is 2.58. The molecule has 1 aliphatic heterocycles. The van der Waals surface area contributed by atoms with Crippen LogP contribution in [0, 0.1) is 0 Å². The van der Waals surface area contributed by atoms with Crippen molar-refractivity contribution >= 4 is 9.84 Å². The largest absolute Gasteiger partial charge is 0.270 e. The van der Waals surface area contributed by atoms with E-state index in [0.29, 0.717) is 0 Å². The first kappa shape index (κ1) is 13.8. The van der Waals surface area contributed by atoms with Crippen LogP contribution in [0.5, 0.6) is 0 Å². The molecule has 2 atom stereocenters. The predicted octanol–water partition coefficient (Wildman–Crippen LogP) is 2.52. The Balaban J connectivity index is 1.79. The van der Waals surface area contributed by atoms with E-state index in [0.717, 1.165) is 5.56 Å². The first-order valence-corrected chi connectivity index (χ1v) is 8.50. The number of sulfone groups is 1. The molecule has 0 amide bonds. The molecule has 0 radical (unpaired) electrons. The molecule has 0 saturated heterocycles. The number of alkyl halides is 2. The molecule has 2 heterocycles. The van der Waals surface area contributed by atoms with Gasteiger partial charge in [0.05, 0.1) is 6.04 Å². The van der Waals surface area contributed by atoms with E-state index in [2.05, 4.69) is 10.1 Å². The molecule has 0 bridgehead atoms. The molecular weight excluding hydrogens is 312 g/mol. The Bertz CT molecular complexity index is 831. The molecular formula is C14H13F2N3O2S. The average Bonchev–Trinajstić information content (AvgIpc) is 2.99. The van der Waals surface area contributed by atoms with Gasteiger partial charge in [0.25, 0.3) is 5.16 Å². The van der Waals surface area contributed by atoms with Crippen molar-refractivity contribution in [2.45, 2.75) is 41.6 Å². The molecule has 1 aromatic carbocycles. The number of fused-ring (bicyclic) bond motifs is 1. The molecule has 1 fully saturated rings. The van der Waals surface area contributed by atoms with Gasteiger partial charge in [0.1, 0.15) is 0 Å². The summed E-state index contributed by atoms with van der Waals surface area (Å²) < 4.78 is 53.7. The van der Waals surface area contributed by atoms with E-state index in [1.54, 1.807) is 0 Å². The number of rotatable bonds is 3. The maximum absolute atomic E-state index is 14.2. The number of halogens is 2. The van der Waals surface area contributed by atoms with Crippen molar-refractivity contribution in [2.75, 3.05) is 0 Å². The molecule has 2 aliphatic rings. The van der Waals surface area contributed by atoms with Gasteiger partial charge in [-0.05, 0) is 5.56 Å². The van der Waals surface area contributed by atoms with Crippen molar-refractivity contribution < 1.29 is 17.2 Å². The van der Waals surface area contributed by atoms with Crippen LogP contribution in [0.2, 0.25) is 0 Å². The molecule has 5 nitrogen and oxygen atoms in total. The SMILES string of the molecule is O=S(=O)(c1nc2n(n1)[C@H](c1ccccc1)C[C@@H]2F)C1(F)CC1. The number of aromatic nitrogens is 3. The Morgan fingerprint density at radius 3 is 2.55 bits per heavy atom. The fourth-order valence-electron chi connectivity index (χ4n) is 2.76. The van der Waals surface area contributed by atoms with Crippen LogP contribution in [0.4, 0.5) is 8.78 Å². The summed E-state index contributed by atoms with van der Waals surface area (Å²) in [5, 5.41) is 1.03.